The molecule has 0 aliphatic heterocycles. The molecule has 17 heavy (non-hydrogen) atoms. The molecule has 0 aromatic heterocycles. The largest absolute Gasteiger partial charge is 0.464 e. The summed E-state index contributed by atoms with van der Waals surface area (Å²) in [5, 5.41) is 13.9. The van der Waals surface area contributed by atoms with E-state index in [4.69, 9.17) is 9.84 Å². The number of hydrogen-bond acceptors (Lipinski definition) is 4. The van der Waals surface area contributed by atoms with Gasteiger partial charge in [-0.15, -0.1) is 0 Å². The SMILES string of the molecule is CCCCCNC(=O)N[C@@H](CO)C(=O)OCC. The van der Waals surface area contributed by atoms with Crippen molar-refractivity contribution in [2.24, 2.45) is 0 Å². The first-order valence-corrected chi connectivity index (χ1v) is 5.97. The van der Waals surface area contributed by atoms with Crippen molar-refractivity contribution in [2.75, 3.05) is 19.8 Å². The van der Waals surface area contributed by atoms with Gasteiger partial charge in [0.15, 0.2) is 6.04 Å². The third-order valence-corrected chi connectivity index (χ3v) is 2.12. The van der Waals surface area contributed by atoms with E-state index in [9.17, 15) is 9.59 Å². The van der Waals surface area contributed by atoms with Gasteiger partial charge in [0, 0.05) is 6.54 Å². The number of nitrogens with one attached hydrogen (secondary N) is 2. The van der Waals surface area contributed by atoms with Crippen LogP contribution in [-0.4, -0.2) is 42.9 Å². The highest BCUT2D eigenvalue weighted by Gasteiger charge is 2.20. The number of rotatable bonds is 8. The third-order valence-electron chi connectivity index (χ3n) is 2.12. The molecule has 0 unspecified atom stereocenters. The van der Waals surface area contributed by atoms with Crippen LogP contribution >= 0.6 is 0 Å². The highest BCUT2D eigenvalue weighted by molar-refractivity contribution is 5.83. The third kappa shape index (κ3) is 7.57. The predicted molar refractivity (Wildman–Crippen MR) is 63.6 cm³/mol. The van der Waals surface area contributed by atoms with Crippen LogP contribution in [0.3, 0.4) is 0 Å². The molecule has 0 aliphatic carbocycles. The van der Waals surface area contributed by atoms with E-state index in [-0.39, 0.29) is 6.61 Å². The van der Waals surface area contributed by atoms with Gasteiger partial charge >= 0.3 is 12.0 Å². The number of ether oxygens (including phenoxy) is 1. The van der Waals surface area contributed by atoms with Crippen LogP contribution in [0.25, 0.3) is 0 Å². The number of urea groups is 1. The van der Waals surface area contributed by atoms with Gasteiger partial charge in [-0.05, 0) is 13.3 Å². The fourth-order valence-corrected chi connectivity index (χ4v) is 1.21. The van der Waals surface area contributed by atoms with Crippen LogP contribution in [0.15, 0.2) is 0 Å². The summed E-state index contributed by atoms with van der Waals surface area (Å²) < 4.78 is 4.70. The summed E-state index contributed by atoms with van der Waals surface area (Å²) in [7, 11) is 0. The molecule has 0 bridgehead atoms. The molecule has 0 radical (unpaired) electrons. The van der Waals surface area contributed by atoms with Crippen LogP contribution in [0.1, 0.15) is 33.1 Å². The first kappa shape index (κ1) is 15.7. The van der Waals surface area contributed by atoms with Crippen LogP contribution < -0.4 is 10.6 Å². The van der Waals surface area contributed by atoms with Gasteiger partial charge in [-0.2, -0.15) is 0 Å². The molecule has 1 atom stereocenters. The van der Waals surface area contributed by atoms with Crippen molar-refractivity contribution >= 4 is 12.0 Å². The van der Waals surface area contributed by atoms with Crippen LogP contribution in [0.5, 0.6) is 0 Å². The summed E-state index contributed by atoms with van der Waals surface area (Å²) in [5.74, 6) is -0.626. The summed E-state index contributed by atoms with van der Waals surface area (Å²) in [6, 6.07) is -1.46. The van der Waals surface area contributed by atoms with Gasteiger partial charge < -0.3 is 20.5 Å². The molecule has 2 amide bonds. The van der Waals surface area contributed by atoms with Crippen molar-refractivity contribution in [3.05, 3.63) is 0 Å². The van der Waals surface area contributed by atoms with Gasteiger partial charge in [0.05, 0.1) is 13.2 Å². The lowest BCUT2D eigenvalue weighted by atomic mass is 10.2. The lowest BCUT2D eigenvalue weighted by Crippen LogP contribution is -2.48. The number of hydrogen-bond donors (Lipinski definition) is 3. The van der Waals surface area contributed by atoms with Crippen molar-refractivity contribution in [1.29, 1.82) is 0 Å². The maximum atomic E-state index is 11.3. The van der Waals surface area contributed by atoms with E-state index >= 15 is 0 Å². The highest BCUT2D eigenvalue weighted by atomic mass is 16.5. The van der Waals surface area contributed by atoms with Gasteiger partial charge in [0.1, 0.15) is 0 Å². The average Bonchev–Trinajstić information content (AvgIpc) is 2.32. The minimum absolute atomic E-state index is 0.217. The van der Waals surface area contributed by atoms with E-state index in [1.165, 1.54) is 0 Å². The maximum Gasteiger partial charge on any atom is 0.331 e. The number of unbranched alkanes of at least 4 members (excludes halogenated alkanes) is 2. The van der Waals surface area contributed by atoms with E-state index in [2.05, 4.69) is 17.6 Å². The number of amides is 2. The molecule has 6 nitrogen and oxygen atoms in total. The minimum atomic E-state index is -0.999. The van der Waals surface area contributed by atoms with Crippen LogP contribution in [-0.2, 0) is 9.53 Å². The van der Waals surface area contributed by atoms with E-state index in [1.54, 1.807) is 6.92 Å². The molecule has 0 aromatic rings. The normalized spacial score (nSPS) is 11.7. The number of aliphatic hydroxyl groups excluding tert-OH is 1. The van der Waals surface area contributed by atoms with Crippen LogP contribution in [0.4, 0.5) is 4.79 Å². The number of carbonyl (C=O) groups excluding carboxylic acids is 2. The molecule has 0 saturated heterocycles. The Balaban J connectivity index is 3.85. The Hall–Kier alpha value is -1.30. The summed E-state index contributed by atoms with van der Waals surface area (Å²) in [4.78, 5) is 22.6. The zero-order valence-corrected chi connectivity index (χ0v) is 10.5. The van der Waals surface area contributed by atoms with Gasteiger partial charge in [-0.3, -0.25) is 0 Å². The Bertz CT molecular complexity index is 234. The standard InChI is InChI=1S/C11H22N2O4/c1-3-5-6-7-12-11(16)13-9(8-14)10(15)17-4-2/h9,14H,3-8H2,1-2H3,(H2,12,13,16)/t9-/m0/s1. The van der Waals surface area contributed by atoms with Crippen molar-refractivity contribution in [2.45, 2.75) is 39.2 Å². The Kier molecular flexibility index (Phi) is 9.14. The molecular formula is C11H22N2O4. The van der Waals surface area contributed by atoms with Crippen LogP contribution in [0.2, 0.25) is 0 Å². The van der Waals surface area contributed by atoms with Gasteiger partial charge in [-0.1, -0.05) is 19.8 Å². The molecule has 0 rings (SSSR count). The van der Waals surface area contributed by atoms with Crippen molar-refractivity contribution in [1.82, 2.24) is 10.6 Å². The molecule has 3 N–H and O–H groups in total. The van der Waals surface area contributed by atoms with Crippen LogP contribution in [0, 0.1) is 0 Å². The van der Waals surface area contributed by atoms with E-state index < -0.39 is 24.6 Å². The predicted octanol–water partition coefficient (Wildman–Crippen LogP) is 0.400. The summed E-state index contributed by atoms with van der Waals surface area (Å²) in [5.41, 5.74) is 0. The molecule has 0 aromatic carbocycles. The lowest BCUT2D eigenvalue weighted by Gasteiger charge is -2.15. The summed E-state index contributed by atoms with van der Waals surface area (Å²) in [6.45, 7) is 4.04. The average molecular weight is 246 g/mol. The molecule has 100 valence electrons. The van der Waals surface area contributed by atoms with E-state index in [1.807, 2.05) is 0 Å². The number of esters is 1. The quantitative estimate of drug-likeness (QED) is 0.427. The second-order valence-corrected chi connectivity index (χ2v) is 3.59. The van der Waals surface area contributed by atoms with Gasteiger partial charge in [-0.25, -0.2) is 9.59 Å². The Labute approximate surface area is 102 Å². The second-order valence-electron chi connectivity index (χ2n) is 3.59. The fourth-order valence-electron chi connectivity index (χ4n) is 1.21. The molecule has 0 spiro atoms. The van der Waals surface area contributed by atoms with Crippen molar-refractivity contribution in [3.8, 4) is 0 Å². The maximum absolute atomic E-state index is 11.3. The lowest BCUT2D eigenvalue weighted by molar-refractivity contribution is -0.146. The highest BCUT2D eigenvalue weighted by Crippen LogP contribution is 1.92. The van der Waals surface area contributed by atoms with E-state index in [0.29, 0.717) is 6.54 Å². The topological polar surface area (TPSA) is 87.7 Å². The van der Waals surface area contributed by atoms with Gasteiger partial charge in [0.25, 0.3) is 0 Å². The molecule has 0 aliphatic rings. The summed E-state index contributed by atoms with van der Waals surface area (Å²) in [6.07, 6.45) is 3.01. The van der Waals surface area contributed by atoms with Crippen molar-refractivity contribution < 1.29 is 19.4 Å². The fraction of sp³-hybridized carbons (Fsp3) is 0.818. The zero-order chi connectivity index (χ0) is 13.1. The number of carbonyl (C=O) groups is 2. The minimum Gasteiger partial charge on any atom is -0.464 e. The number of aliphatic hydroxyl groups is 1. The Morgan fingerprint density at radius 1 is 1.29 bits per heavy atom. The van der Waals surface area contributed by atoms with E-state index in [0.717, 1.165) is 19.3 Å². The molecule has 0 heterocycles. The Morgan fingerprint density at radius 3 is 2.53 bits per heavy atom. The first-order chi connectivity index (χ1) is 8.15. The zero-order valence-electron chi connectivity index (χ0n) is 10.5. The monoisotopic (exact) mass is 246 g/mol. The van der Waals surface area contributed by atoms with Gasteiger partial charge in [0.2, 0.25) is 0 Å². The molecule has 0 fully saturated rings. The first-order valence-electron chi connectivity index (χ1n) is 5.97. The molecule has 6 heteroatoms. The molecular weight excluding hydrogens is 224 g/mol. The Morgan fingerprint density at radius 2 is 2.00 bits per heavy atom. The van der Waals surface area contributed by atoms with Crippen molar-refractivity contribution in [3.63, 3.8) is 0 Å². The molecule has 0 saturated carbocycles. The second kappa shape index (κ2) is 9.89. The summed E-state index contributed by atoms with van der Waals surface area (Å²) >= 11 is 0. The smallest absolute Gasteiger partial charge is 0.331 e.